The molecule has 118 valence electrons. The highest BCUT2D eigenvalue weighted by Crippen LogP contribution is 2.12. The highest BCUT2D eigenvalue weighted by Gasteiger charge is 2.11. The standard InChI is InChI=1S/C16H15FN4O2/c1-11(9-23-14-4-2-3-13(17)7-14)19-16(22)12-5-6-15-20-18-10-21(15)8-12/h2-8,10-11H,9H2,1H3,(H,19,22)/t11-/m0/s1. The van der Waals surface area contributed by atoms with Gasteiger partial charge in [0.05, 0.1) is 11.6 Å². The number of hydrogen-bond donors (Lipinski definition) is 1. The first-order valence-electron chi connectivity index (χ1n) is 7.10. The van der Waals surface area contributed by atoms with Gasteiger partial charge in [-0.25, -0.2) is 4.39 Å². The van der Waals surface area contributed by atoms with Crippen LogP contribution < -0.4 is 10.1 Å². The number of ether oxygens (including phenoxy) is 1. The SMILES string of the molecule is C[C@@H](COc1cccc(F)c1)NC(=O)c1ccc2nncn2c1. The Morgan fingerprint density at radius 3 is 3.09 bits per heavy atom. The molecule has 0 radical (unpaired) electrons. The molecule has 1 amide bonds. The van der Waals surface area contributed by atoms with Crippen LogP contribution in [0.4, 0.5) is 4.39 Å². The maximum atomic E-state index is 13.1. The van der Waals surface area contributed by atoms with Crippen molar-refractivity contribution >= 4 is 11.6 Å². The van der Waals surface area contributed by atoms with Crippen molar-refractivity contribution in [2.24, 2.45) is 0 Å². The van der Waals surface area contributed by atoms with E-state index >= 15 is 0 Å². The van der Waals surface area contributed by atoms with Crippen molar-refractivity contribution in [3.63, 3.8) is 0 Å². The van der Waals surface area contributed by atoms with Gasteiger partial charge in [0.1, 0.15) is 24.5 Å². The van der Waals surface area contributed by atoms with Crippen molar-refractivity contribution in [3.8, 4) is 5.75 Å². The quantitative estimate of drug-likeness (QED) is 0.783. The normalized spacial score (nSPS) is 12.1. The number of aromatic nitrogens is 3. The third-order valence-corrected chi connectivity index (χ3v) is 3.23. The molecule has 2 aromatic heterocycles. The van der Waals surface area contributed by atoms with E-state index in [1.54, 1.807) is 34.9 Å². The zero-order valence-electron chi connectivity index (χ0n) is 12.4. The lowest BCUT2D eigenvalue weighted by Crippen LogP contribution is -2.36. The molecule has 0 bridgehead atoms. The maximum Gasteiger partial charge on any atom is 0.253 e. The van der Waals surface area contributed by atoms with Crippen molar-refractivity contribution in [1.29, 1.82) is 0 Å². The molecule has 3 aromatic rings. The van der Waals surface area contributed by atoms with Gasteiger partial charge in [-0.2, -0.15) is 0 Å². The van der Waals surface area contributed by atoms with Crippen molar-refractivity contribution in [3.05, 3.63) is 60.3 Å². The van der Waals surface area contributed by atoms with Crippen LogP contribution in [0.15, 0.2) is 48.9 Å². The lowest BCUT2D eigenvalue weighted by atomic mass is 10.2. The van der Waals surface area contributed by atoms with Gasteiger partial charge in [-0.05, 0) is 31.2 Å². The molecule has 0 aliphatic carbocycles. The molecule has 0 saturated heterocycles. The van der Waals surface area contributed by atoms with Gasteiger partial charge >= 0.3 is 0 Å². The summed E-state index contributed by atoms with van der Waals surface area (Å²) in [5.41, 5.74) is 1.17. The zero-order valence-corrected chi connectivity index (χ0v) is 12.4. The maximum absolute atomic E-state index is 13.1. The van der Waals surface area contributed by atoms with Gasteiger partial charge in [-0.3, -0.25) is 9.20 Å². The Kier molecular flexibility index (Phi) is 4.18. The van der Waals surface area contributed by atoms with Crippen LogP contribution in [0.2, 0.25) is 0 Å². The molecule has 0 spiro atoms. The molecule has 0 unspecified atom stereocenters. The zero-order chi connectivity index (χ0) is 16.2. The number of halogens is 1. The predicted molar refractivity (Wildman–Crippen MR) is 81.8 cm³/mol. The molecule has 1 atom stereocenters. The van der Waals surface area contributed by atoms with Gasteiger partial charge in [-0.15, -0.1) is 10.2 Å². The van der Waals surface area contributed by atoms with Crippen LogP contribution in [0.3, 0.4) is 0 Å². The van der Waals surface area contributed by atoms with Gasteiger partial charge in [0.25, 0.3) is 5.91 Å². The Bertz CT molecular complexity index is 834. The number of carbonyl (C=O) groups is 1. The molecule has 23 heavy (non-hydrogen) atoms. The third kappa shape index (κ3) is 3.63. The van der Waals surface area contributed by atoms with Crippen LogP contribution >= 0.6 is 0 Å². The number of nitrogens with one attached hydrogen (secondary N) is 1. The number of nitrogens with zero attached hydrogens (tertiary/aromatic N) is 3. The summed E-state index contributed by atoms with van der Waals surface area (Å²) in [4.78, 5) is 12.2. The highest BCUT2D eigenvalue weighted by molar-refractivity contribution is 5.94. The third-order valence-electron chi connectivity index (χ3n) is 3.23. The number of benzene rings is 1. The lowest BCUT2D eigenvalue weighted by Gasteiger charge is -2.15. The molecule has 7 heteroatoms. The van der Waals surface area contributed by atoms with E-state index < -0.39 is 0 Å². The van der Waals surface area contributed by atoms with Gasteiger partial charge in [0.2, 0.25) is 0 Å². The molecule has 0 aliphatic heterocycles. The molecular formula is C16H15FN4O2. The van der Waals surface area contributed by atoms with E-state index in [1.165, 1.54) is 18.5 Å². The number of amides is 1. The number of pyridine rings is 1. The van der Waals surface area contributed by atoms with E-state index in [1.807, 2.05) is 6.92 Å². The van der Waals surface area contributed by atoms with Crippen LogP contribution in [0.25, 0.3) is 5.65 Å². The fourth-order valence-corrected chi connectivity index (χ4v) is 2.09. The summed E-state index contributed by atoms with van der Waals surface area (Å²) in [5, 5.41) is 10.5. The number of carbonyl (C=O) groups excluding carboxylic acids is 1. The Balaban J connectivity index is 1.58. The van der Waals surface area contributed by atoms with E-state index in [0.717, 1.165) is 0 Å². The molecule has 1 aromatic carbocycles. The minimum Gasteiger partial charge on any atom is -0.491 e. The van der Waals surface area contributed by atoms with Crippen LogP contribution in [-0.2, 0) is 0 Å². The minimum absolute atomic E-state index is 0.226. The van der Waals surface area contributed by atoms with Gasteiger partial charge in [-0.1, -0.05) is 6.07 Å². The molecule has 0 aliphatic rings. The minimum atomic E-state index is -0.360. The molecule has 1 N–H and O–H groups in total. The smallest absolute Gasteiger partial charge is 0.253 e. The van der Waals surface area contributed by atoms with Crippen LogP contribution in [0.1, 0.15) is 17.3 Å². The van der Waals surface area contributed by atoms with Crippen molar-refractivity contribution in [2.75, 3.05) is 6.61 Å². The monoisotopic (exact) mass is 314 g/mol. The molecule has 3 rings (SSSR count). The largest absolute Gasteiger partial charge is 0.491 e. The van der Waals surface area contributed by atoms with Gasteiger partial charge in [0.15, 0.2) is 5.65 Å². The van der Waals surface area contributed by atoms with Crippen LogP contribution in [-0.4, -0.2) is 33.2 Å². The van der Waals surface area contributed by atoms with Crippen molar-refractivity contribution in [2.45, 2.75) is 13.0 Å². The van der Waals surface area contributed by atoms with Crippen LogP contribution in [0, 0.1) is 5.82 Å². The fraction of sp³-hybridized carbons (Fsp3) is 0.188. The Morgan fingerprint density at radius 1 is 1.39 bits per heavy atom. The Labute approximate surface area is 131 Å². The highest BCUT2D eigenvalue weighted by atomic mass is 19.1. The average molecular weight is 314 g/mol. The van der Waals surface area contributed by atoms with E-state index in [4.69, 9.17) is 4.74 Å². The first kappa shape index (κ1) is 15.0. The fourth-order valence-electron chi connectivity index (χ4n) is 2.09. The summed E-state index contributed by atoms with van der Waals surface area (Å²) in [5.74, 6) is -0.158. The summed E-state index contributed by atoms with van der Waals surface area (Å²) < 4.78 is 20.2. The Hall–Kier alpha value is -2.96. The van der Waals surface area contributed by atoms with E-state index in [-0.39, 0.29) is 24.4 Å². The molecule has 0 saturated carbocycles. The van der Waals surface area contributed by atoms with Crippen molar-refractivity contribution < 1.29 is 13.9 Å². The number of fused-ring (bicyclic) bond motifs is 1. The molecule has 0 fully saturated rings. The van der Waals surface area contributed by atoms with Gasteiger partial charge < -0.3 is 10.1 Å². The summed E-state index contributed by atoms with van der Waals surface area (Å²) in [6.07, 6.45) is 3.19. The first-order chi connectivity index (χ1) is 11.1. The molecular weight excluding hydrogens is 299 g/mol. The topological polar surface area (TPSA) is 68.5 Å². The van der Waals surface area contributed by atoms with Crippen molar-refractivity contribution in [1.82, 2.24) is 19.9 Å². The van der Waals surface area contributed by atoms with Gasteiger partial charge in [0, 0.05) is 12.3 Å². The Morgan fingerprint density at radius 2 is 2.26 bits per heavy atom. The van der Waals surface area contributed by atoms with E-state index in [2.05, 4.69) is 15.5 Å². The van der Waals surface area contributed by atoms with E-state index in [0.29, 0.717) is 17.0 Å². The van der Waals surface area contributed by atoms with Crippen LogP contribution in [0.5, 0.6) is 5.75 Å². The number of rotatable bonds is 5. The average Bonchev–Trinajstić information content (AvgIpc) is 3.00. The lowest BCUT2D eigenvalue weighted by molar-refractivity contribution is 0.0926. The summed E-state index contributed by atoms with van der Waals surface area (Å²) in [6, 6.07) is 9.05. The second-order valence-corrected chi connectivity index (χ2v) is 5.16. The number of hydrogen-bond acceptors (Lipinski definition) is 4. The first-order valence-corrected chi connectivity index (χ1v) is 7.10. The van der Waals surface area contributed by atoms with E-state index in [9.17, 15) is 9.18 Å². The second kappa shape index (κ2) is 6.43. The molecule has 6 nitrogen and oxygen atoms in total. The molecule has 2 heterocycles. The summed E-state index contributed by atoms with van der Waals surface area (Å²) >= 11 is 0. The summed E-state index contributed by atoms with van der Waals surface area (Å²) in [6.45, 7) is 2.05. The summed E-state index contributed by atoms with van der Waals surface area (Å²) in [7, 11) is 0. The second-order valence-electron chi connectivity index (χ2n) is 5.16. The predicted octanol–water partition coefficient (Wildman–Crippen LogP) is 2.07.